The number of carbonyl (C=O) groups is 1. The van der Waals surface area contributed by atoms with Crippen molar-refractivity contribution in [1.29, 1.82) is 0 Å². The molecule has 1 aromatic carbocycles. The minimum atomic E-state index is -0.422. The molecule has 0 atom stereocenters. The molecule has 1 N–H and O–H groups in total. The molecule has 0 amide bonds. The summed E-state index contributed by atoms with van der Waals surface area (Å²) >= 11 is 2.28. The lowest BCUT2D eigenvalue weighted by Gasteiger charge is -2.11. The zero-order valence-corrected chi connectivity index (χ0v) is 15.3. The van der Waals surface area contributed by atoms with Crippen LogP contribution in [-0.2, 0) is 16.1 Å². The Morgan fingerprint density at radius 3 is 2.83 bits per heavy atom. The summed E-state index contributed by atoms with van der Waals surface area (Å²) in [6.45, 7) is 3.94. The van der Waals surface area contributed by atoms with Gasteiger partial charge in [-0.15, -0.1) is 0 Å². The second-order valence-corrected chi connectivity index (χ2v) is 6.82. The highest BCUT2D eigenvalue weighted by Gasteiger charge is 2.21. The maximum absolute atomic E-state index is 12.4. The van der Waals surface area contributed by atoms with E-state index in [4.69, 9.17) is 9.47 Å². The van der Waals surface area contributed by atoms with Gasteiger partial charge in [-0.2, -0.15) is 0 Å². The van der Waals surface area contributed by atoms with Gasteiger partial charge in [0.15, 0.2) is 5.69 Å². The molecule has 0 radical (unpaired) electrons. The number of aromatic nitrogens is 2. The predicted octanol–water partition coefficient (Wildman–Crippen LogP) is 4.03. The largest absolute Gasteiger partial charge is 0.458 e. The summed E-state index contributed by atoms with van der Waals surface area (Å²) in [6, 6.07) is 6.15. The van der Waals surface area contributed by atoms with Crippen molar-refractivity contribution in [1.82, 2.24) is 9.97 Å². The van der Waals surface area contributed by atoms with E-state index in [1.165, 1.54) is 0 Å². The molecule has 0 saturated heterocycles. The van der Waals surface area contributed by atoms with Crippen LogP contribution >= 0.6 is 22.6 Å². The molecule has 5 nitrogen and oxygen atoms in total. The van der Waals surface area contributed by atoms with Crippen molar-refractivity contribution in [2.75, 3.05) is 7.11 Å². The van der Waals surface area contributed by atoms with Crippen LogP contribution in [0.15, 0.2) is 24.4 Å². The molecule has 120 valence electrons. The molecule has 0 fully saturated rings. The molecule has 2 aromatic heterocycles. The first-order valence-electron chi connectivity index (χ1n) is 7.30. The maximum atomic E-state index is 12.4. The Hall–Kier alpha value is -1.67. The molecule has 0 unspecified atom stereocenters. The second kappa shape index (κ2) is 6.45. The van der Waals surface area contributed by atoms with E-state index in [-0.39, 0.29) is 6.10 Å². The Labute approximate surface area is 147 Å². The highest BCUT2D eigenvalue weighted by molar-refractivity contribution is 14.1. The number of esters is 1. The van der Waals surface area contributed by atoms with E-state index in [1.807, 2.05) is 26.0 Å². The van der Waals surface area contributed by atoms with Crippen molar-refractivity contribution in [2.45, 2.75) is 26.6 Å². The molecular weight excluding hydrogens is 407 g/mol. The standard InChI is InChI=1S/C17H17IN2O3/c1-9(2)23-17(21)16-12(8-22-3)15-11-6-10(18)4-5-13(11)20-14(15)7-19-16/h4-7,9,20H,8H2,1-3H3. The smallest absolute Gasteiger partial charge is 0.357 e. The molecule has 0 saturated carbocycles. The number of pyridine rings is 1. The molecule has 0 bridgehead atoms. The number of hydrogen-bond acceptors (Lipinski definition) is 4. The minimum absolute atomic E-state index is 0.195. The summed E-state index contributed by atoms with van der Waals surface area (Å²) in [6.07, 6.45) is 1.48. The second-order valence-electron chi connectivity index (χ2n) is 5.58. The van der Waals surface area contributed by atoms with E-state index < -0.39 is 5.97 Å². The minimum Gasteiger partial charge on any atom is -0.458 e. The van der Waals surface area contributed by atoms with Crippen molar-refractivity contribution in [3.05, 3.63) is 39.2 Å². The van der Waals surface area contributed by atoms with Gasteiger partial charge in [-0.3, -0.25) is 0 Å². The van der Waals surface area contributed by atoms with Crippen LogP contribution in [0.2, 0.25) is 0 Å². The number of ether oxygens (including phenoxy) is 2. The van der Waals surface area contributed by atoms with Crippen LogP contribution in [0.25, 0.3) is 21.8 Å². The van der Waals surface area contributed by atoms with Gasteiger partial charge in [-0.25, -0.2) is 9.78 Å². The monoisotopic (exact) mass is 424 g/mol. The highest BCUT2D eigenvalue weighted by Crippen LogP contribution is 2.31. The number of rotatable bonds is 4. The third-order valence-corrected chi connectivity index (χ3v) is 4.20. The van der Waals surface area contributed by atoms with Gasteiger partial charge in [-0.05, 0) is 54.6 Å². The van der Waals surface area contributed by atoms with Gasteiger partial charge in [0, 0.05) is 32.5 Å². The topological polar surface area (TPSA) is 64.2 Å². The van der Waals surface area contributed by atoms with Crippen LogP contribution in [0, 0.1) is 3.57 Å². The number of aromatic amines is 1. The molecule has 0 spiro atoms. The van der Waals surface area contributed by atoms with Crippen LogP contribution in [0.5, 0.6) is 0 Å². The van der Waals surface area contributed by atoms with Crippen molar-refractivity contribution >= 4 is 50.4 Å². The van der Waals surface area contributed by atoms with Gasteiger partial charge in [0.05, 0.1) is 24.4 Å². The first-order valence-corrected chi connectivity index (χ1v) is 8.38. The lowest BCUT2D eigenvalue weighted by atomic mass is 10.1. The molecular formula is C17H17IN2O3. The first-order chi connectivity index (χ1) is 11.0. The van der Waals surface area contributed by atoms with E-state index in [0.717, 1.165) is 30.9 Å². The van der Waals surface area contributed by atoms with Gasteiger partial charge >= 0.3 is 5.97 Å². The number of hydrogen-bond donors (Lipinski definition) is 1. The SMILES string of the molecule is COCc1c(C(=O)OC(C)C)ncc2[nH]c3ccc(I)cc3c12. The fourth-order valence-corrected chi connectivity index (χ4v) is 3.15. The van der Waals surface area contributed by atoms with Crippen LogP contribution < -0.4 is 0 Å². The van der Waals surface area contributed by atoms with Crippen molar-refractivity contribution in [3.63, 3.8) is 0 Å². The van der Waals surface area contributed by atoms with E-state index in [9.17, 15) is 4.79 Å². The number of fused-ring (bicyclic) bond motifs is 3. The Kier molecular flexibility index (Phi) is 4.54. The number of H-pyrrole nitrogens is 1. The molecule has 2 heterocycles. The number of nitrogens with one attached hydrogen (secondary N) is 1. The average Bonchev–Trinajstić information content (AvgIpc) is 2.85. The normalized spacial score (nSPS) is 11.5. The molecule has 3 aromatic rings. The van der Waals surface area contributed by atoms with Gasteiger partial charge in [-0.1, -0.05) is 0 Å². The number of methoxy groups -OCH3 is 1. The van der Waals surface area contributed by atoms with Crippen LogP contribution in [0.3, 0.4) is 0 Å². The number of benzene rings is 1. The lowest BCUT2D eigenvalue weighted by Crippen LogP contribution is -2.15. The van der Waals surface area contributed by atoms with Gasteiger partial charge in [0.1, 0.15) is 0 Å². The third-order valence-electron chi connectivity index (χ3n) is 3.52. The predicted molar refractivity (Wildman–Crippen MR) is 97.6 cm³/mol. The Morgan fingerprint density at radius 1 is 1.35 bits per heavy atom. The Bertz CT molecular complexity index is 886. The third kappa shape index (κ3) is 3.05. The molecule has 0 aliphatic heterocycles. The summed E-state index contributed by atoms with van der Waals surface area (Å²) in [5, 5.41) is 2.02. The fraction of sp³-hybridized carbons (Fsp3) is 0.294. The number of nitrogens with zero attached hydrogens (tertiary/aromatic N) is 1. The summed E-state index contributed by atoms with van der Waals surface area (Å²) in [4.78, 5) is 20.0. The van der Waals surface area contributed by atoms with Crippen molar-refractivity contribution in [2.24, 2.45) is 0 Å². The number of halogens is 1. The molecule has 0 aliphatic rings. The Morgan fingerprint density at radius 2 is 2.13 bits per heavy atom. The van der Waals surface area contributed by atoms with Crippen LogP contribution in [0.4, 0.5) is 0 Å². The summed E-state index contributed by atoms with van der Waals surface area (Å²) in [5.41, 5.74) is 2.96. The van der Waals surface area contributed by atoms with Crippen molar-refractivity contribution in [3.8, 4) is 0 Å². The van der Waals surface area contributed by atoms with Gasteiger partial charge < -0.3 is 14.5 Å². The van der Waals surface area contributed by atoms with E-state index in [1.54, 1.807) is 13.3 Å². The molecule has 23 heavy (non-hydrogen) atoms. The lowest BCUT2D eigenvalue weighted by molar-refractivity contribution is 0.0366. The van der Waals surface area contributed by atoms with E-state index >= 15 is 0 Å². The van der Waals surface area contributed by atoms with Crippen LogP contribution in [-0.4, -0.2) is 29.2 Å². The van der Waals surface area contributed by atoms with Gasteiger partial charge in [0.2, 0.25) is 0 Å². The fourth-order valence-electron chi connectivity index (χ4n) is 2.66. The van der Waals surface area contributed by atoms with Crippen molar-refractivity contribution < 1.29 is 14.3 Å². The number of carbonyl (C=O) groups excluding carboxylic acids is 1. The average molecular weight is 424 g/mol. The highest BCUT2D eigenvalue weighted by atomic mass is 127. The summed E-state index contributed by atoms with van der Waals surface area (Å²) in [5.74, 6) is -0.422. The van der Waals surface area contributed by atoms with E-state index in [2.05, 4.69) is 38.6 Å². The zero-order chi connectivity index (χ0) is 16.6. The summed E-state index contributed by atoms with van der Waals surface area (Å²) in [7, 11) is 1.61. The molecule has 3 rings (SSSR count). The Balaban J connectivity index is 2.29. The van der Waals surface area contributed by atoms with Crippen LogP contribution in [0.1, 0.15) is 29.9 Å². The summed E-state index contributed by atoms with van der Waals surface area (Å²) < 4.78 is 11.8. The zero-order valence-electron chi connectivity index (χ0n) is 13.1. The molecule has 0 aliphatic carbocycles. The first kappa shape index (κ1) is 16.2. The maximum Gasteiger partial charge on any atom is 0.357 e. The quantitative estimate of drug-likeness (QED) is 0.508. The molecule has 6 heteroatoms. The van der Waals surface area contributed by atoms with Gasteiger partial charge in [0.25, 0.3) is 0 Å². The van der Waals surface area contributed by atoms with E-state index in [0.29, 0.717) is 12.3 Å².